The standard InChI is InChI=1S/C16H27N3O.ClH/c1-6-18(15-9-7-8-14(2)12-15)11-10-17-16(20)13-19(3,4)5;/h7-9,12H,6,10-11,13H2,1-5H3;1H. The number of likely N-dealkylation sites (N-methyl/N-ethyl adjacent to an activating group) is 2. The molecule has 0 unspecified atom stereocenters. The molecule has 120 valence electrons. The van der Waals surface area contributed by atoms with Gasteiger partial charge in [-0.05, 0) is 31.5 Å². The van der Waals surface area contributed by atoms with Crippen LogP contribution in [-0.4, -0.2) is 57.7 Å². The Balaban J connectivity index is 0.00000400. The van der Waals surface area contributed by atoms with Crippen LogP contribution in [0.5, 0.6) is 0 Å². The molecule has 0 aromatic heterocycles. The van der Waals surface area contributed by atoms with Gasteiger partial charge in [-0.1, -0.05) is 12.1 Å². The van der Waals surface area contributed by atoms with Crippen LogP contribution < -0.4 is 22.6 Å². The number of hydrogen-bond donors (Lipinski definition) is 1. The van der Waals surface area contributed by atoms with E-state index in [1.165, 1.54) is 11.3 Å². The molecule has 0 heterocycles. The highest BCUT2D eigenvalue weighted by molar-refractivity contribution is 5.77. The number of nitrogens with zero attached hydrogens (tertiary/aromatic N) is 2. The molecule has 21 heavy (non-hydrogen) atoms. The van der Waals surface area contributed by atoms with Gasteiger partial charge in [0.1, 0.15) is 0 Å². The van der Waals surface area contributed by atoms with E-state index in [1.54, 1.807) is 0 Å². The Labute approximate surface area is 135 Å². The zero-order chi connectivity index (χ0) is 15.2. The lowest BCUT2D eigenvalue weighted by atomic mass is 10.2. The van der Waals surface area contributed by atoms with Gasteiger partial charge in [-0.15, -0.1) is 0 Å². The van der Waals surface area contributed by atoms with Gasteiger partial charge < -0.3 is 27.1 Å². The molecule has 4 nitrogen and oxygen atoms in total. The molecular formula is C16H28ClN3O. The molecule has 1 N–H and O–H groups in total. The summed E-state index contributed by atoms with van der Waals surface area (Å²) in [6.45, 7) is 7.20. The lowest BCUT2D eigenvalue weighted by Crippen LogP contribution is -3.00. The Bertz CT molecular complexity index is 443. The molecule has 0 radical (unpaired) electrons. The summed E-state index contributed by atoms with van der Waals surface area (Å²) in [6, 6.07) is 8.46. The van der Waals surface area contributed by atoms with Crippen LogP contribution >= 0.6 is 0 Å². The fourth-order valence-corrected chi connectivity index (χ4v) is 2.11. The number of hydrogen-bond acceptors (Lipinski definition) is 2. The second kappa shape index (κ2) is 8.90. The van der Waals surface area contributed by atoms with Crippen molar-refractivity contribution in [1.29, 1.82) is 0 Å². The fraction of sp³-hybridized carbons (Fsp3) is 0.562. The first-order valence-corrected chi connectivity index (χ1v) is 7.20. The molecule has 0 spiro atoms. The lowest BCUT2D eigenvalue weighted by molar-refractivity contribution is -0.862. The average molecular weight is 314 g/mol. The van der Waals surface area contributed by atoms with Crippen molar-refractivity contribution >= 4 is 11.6 Å². The number of anilines is 1. The van der Waals surface area contributed by atoms with E-state index in [0.717, 1.165) is 13.1 Å². The number of halogens is 1. The zero-order valence-electron chi connectivity index (χ0n) is 13.8. The van der Waals surface area contributed by atoms with Crippen LogP contribution in [-0.2, 0) is 4.79 Å². The minimum Gasteiger partial charge on any atom is -1.00 e. The monoisotopic (exact) mass is 313 g/mol. The molecule has 0 saturated carbocycles. The summed E-state index contributed by atoms with van der Waals surface area (Å²) in [6.07, 6.45) is 0. The largest absolute Gasteiger partial charge is 1.00 e. The Hall–Kier alpha value is -1.26. The molecule has 0 bridgehead atoms. The number of rotatable bonds is 7. The third-order valence-corrected chi connectivity index (χ3v) is 3.07. The predicted molar refractivity (Wildman–Crippen MR) is 85.0 cm³/mol. The molecule has 1 aromatic carbocycles. The molecule has 5 heteroatoms. The van der Waals surface area contributed by atoms with Gasteiger partial charge in [0.05, 0.1) is 21.1 Å². The van der Waals surface area contributed by atoms with Crippen LogP contribution in [0.25, 0.3) is 0 Å². The van der Waals surface area contributed by atoms with Gasteiger partial charge in [0.2, 0.25) is 0 Å². The minimum absolute atomic E-state index is 0. The number of amides is 1. The van der Waals surface area contributed by atoms with E-state index < -0.39 is 0 Å². The third-order valence-electron chi connectivity index (χ3n) is 3.07. The summed E-state index contributed by atoms with van der Waals surface area (Å²) in [4.78, 5) is 14.1. The van der Waals surface area contributed by atoms with Crippen molar-refractivity contribution in [1.82, 2.24) is 5.32 Å². The van der Waals surface area contributed by atoms with Crippen LogP contribution in [0.15, 0.2) is 24.3 Å². The van der Waals surface area contributed by atoms with Crippen LogP contribution in [0, 0.1) is 6.92 Å². The van der Waals surface area contributed by atoms with E-state index in [2.05, 4.69) is 48.3 Å². The lowest BCUT2D eigenvalue weighted by Gasteiger charge is -2.25. The molecule has 0 aliphatic heterocycles. The Morgan fingerprint density at radius 1 is 1.29 bits per heavy atom. The summed E-state index contributed by atoms with van der Waals surface area (Å²) < 4.78 is 0.654. The van der Waals surface area contributed by atoms with E-state index in [1.807, 2.05) is 21.1 Å². The quantitative estimate of drug-likeness (QED) is 0.631. The number of benzene rings is 1. The van der Waals surface area contributed by atoms with E-state index in [9.17, 15) is 4.79 Å². The molecule has 1 amide bonds. The topological polar surface area (TPSA) is 32.3 Å². The van der Waals surface area contributed by atoms with Crippen LogP contribution in [0.1, 0.15) is 12.5 Å². The van der Waals surface area contributed by atoms with E-state index >= 15 is 0 Å². The number of nitrogens with one attached hydrogen (secondary N) is 1. The summed E-state index contributed by atoms with van der Waals surface area (Å²) in [5.41, 5.74) is 2.48. The molecule has 1 rings (SSSR count). The van der Waals surface area contributed by atoms with Gasteiger partial charge >= 0.3 is 0 Å². The highest BCUT2D eigenvalue weighted by Crippen LogP contribution is 2.14. The number of aryl methyl sites for hydroxylation is 1. The number of quaternary nitrogens is 1. The molecule has 0 saturated heterocycles. The zero-order valence-corrected chi connectivity index (χ0v) is 14.6. The predicted octanol–water partition coefficient (Wildman–Crippen LogP) is -1.35. The van der Waals surface area contributed by atoms with E-state index in [-0.39, 0.29) is 18.3 Å². The van der Waals surface area contributed by atoms with Crippen LogP contribution in [0.3, 0.4) is 0 Å². The second-order valence-electron chi connectivity index (χ2n) is 6.22. The smallest absolute Gasteiger partial charge is 0.275 e. The van der Waals surface area contributed by atoms with Crippen molar-refractivity contribution in [3.8, 4) is 0 Å². The van der Waals surface area contributed by atoms with Crippen LogP contribution in [0.4, 0.5) is 5.69 Å². The van der Waals surface area contributed by atoms with Crippen molar-refractivity contribution < 1.29 is 21.7 Å². The van der Waals surface area contributed by atoms with Crippen LogP contribution in [0.2, 0.25) is 0 Å². The van der Waals surface area contributed by atoms with E-state index in [4.69, 9.17) is 0 Å². The fourth-order valence-electron chi connectivity index (χ4n) is 2.11. The Kier molecular flexibility index (Phi) is 8.37. The van der Waals surface area contributed by atoms with Gasteiger partial charge in [0, 0.05) is 25.3 Å². The van der Waals surface area contributed by atoms with Gasteiger partial charge in [-0.2, -0.15) is 0 Å². The van der Waals surface area contributed by atoms with Crippen molar-refractivity contribution in [3.05, 3.63) is 29.8 Å². The molecule has 0 aliphatic rings. The molecular weight excluding hydrogens is 286 g/mol. The third kappa shape index (κ3) is 7.93. The summed E-state index contributed by atoms with van der Waals surface area (Å²) >= 11 is 0. The van der Waals surface area contributed by atoms with Gasteiger partial charge in [-0.3, -0.25) is 4.79 Å². The van der Waals surface area contributed by atoms with Crippen molar-refractivity contribution in [2.24, 2.45) is 0 Å². The van der Waals surface area contributed by atoms with Crippen molar-refractivity contribution in [2.45, 2.75) is 13.8 Å². The normalized spacial score (nSPS) is 10.7. The molecule has 1 aromatic rings. The summed E-state index contributed by atoms with van der Waals surface area (Å²) in [7, 11) is 6.06. The highest BCUT2D eigenvalue weighted by Gasteiger charge is 2.13. The summed E-state index contributed by atoms with van der Waals surface area (Å²) in [5.74, 6) is 0.109. The maximum atomic E-state index is 11.8. The average Bonchev–Trinajstić information content (AvgIpc) is 2.32. The minimum atomic E-state index is 0. The molecule has 0 aliphatic carbocycles. The highest BCUT2D eigenvalue weighted by atomic mass is 35.5. The summed E-state index contributed by atoms with van der Waals surface area (Å²) in [5, 5.41) is 2.99. The maximum absolute atomic E-state index is 11.8. The first-order valence-electron chi connectivity index (χ1n) is 7.20. The maximum Gasteiger partial charge on any atom is 0.275 e. The first kappa shape index (κ1) is 19.7. The Morgan fingerprint density at radius 3 is 2.48 bits per heavy atom. The number of carbonyl (C=O) groups excluding carboxylic acids is 1. The van der Waals surface area contributed by atoms with E-state index in [0.29, 0.717) is 17.6 Å². The number of carbonyl (C=O) groups is 1. The first-order chi connectivity index (χ1) is 9.31. The van der Waals surface area contributed by atoms with Gasteiger partial charge in [0.25, 0.3) is 5.91 Å². The van der Waals surface area contributed by atoms with Crippen molar-refractivity contribution in [2.75, 3.05) is 52.2 Å². The molecule has 0 fully saturated rings. The van der Waals surface area contributed by atoms with Crippen molar-refractivity contribution in [3.63, 3.8) is 0 Å². The molecule has 0 atom stereocenters. The van der Waals surface area contributed by atoms with Gasteiger partial charge in [0.15, 0.2) is 6.54 Å². The SMILES string of the molecule is CCN(CCNC(=O)C[N+](C)(C)C)c1cccc(C)c1.[Cl-]. The second-order valence-corrected chi connectivity index (χ2v) is 6.22. The Morgan fingerprint density at radius 2 is 1.95 bits per heavy atom. The van der Waals surface area contributed by atoms with Gasteiger partial charge in [-0.25, -0.2) is 0 Å².